The number of rotatable bonds is 6. The Morgan fingerprint density at radius 1 is 1.07 bits per heavy atom. The minimum Gasteiger partial charge on any atom is -0.335 e. The minimum atomic E-state index is -0.347. The SMILES string of the molecule is CC(C)n1nccc1NC(=O)[C@H](C)N1CCC(NC(=O)Nc2ccc(F)cc2)CC1. The van der Waals surface area contributed by atoms with Gasteiger partial charge in [0.25, 0.3) is 0 Å². The first-order chi connectivity index (χ1) is 14.3. The van der Waals surface area contributed by atoms with E-state index in [1.54, 1.807) is 16.9 Å². The largest absolute Gasteiger partial charge is 0.335 e. The third-order valence-electron chi connectivity index (χ3n) is 5.30. The molecule has 1 saturated heterocycles. The van der Waals surface area contributed by atoms with E-state index in [2.05, 4.69) is 25.9 Å². The number of benzene rings is 1. The Bertz CT molecular complexity index is 859. The van der Waals surface area contributed by atoms with Crippen molar-refractivity contribution < 1.29 is 14.0 Å². The van der Waals surface area contributed by atoms with Gasteiger partial charge in [-0.05, 0) is 57.9 Å². The molecule has 0 spiro atoms. The van der Waals surface area contributed by atoms with Crippen molar-refractivity contribution in [2.75, 3.05) is 23.7 Å². The predicted molar refractivity (Wildman–Crippen MR) is 114 cm³/mol. The summed E-state index contributed by atoms with van der Waals surface area (Å²) >= 11 is 0. The first kappa shape index (κ1) is 21.8. The molecule has 162 valence electrons. The number of halogens is 1. The minimum absolute atomic E-state index is 0.0272. The number of likely N-dealkylation sites (tertiary alicyclic amines) is 1. The summed E-state index contributed by atoms with van der Waals surface area (Å²) in [6.45, 7) is 7.33. The van der Waals surface area contributed by atoms with Crippen LogP contribution in [0.25, 0.3) is 0 Å². The van der Waals surface area contributed by atoms with Gasteiger partial charge in [-0.3, -0.25) is 9.69 Å². The van der Waals surface area contributed by atoms with E-state index in [1.807, 2.05) is 20.8 Å². The molecule has 3 N–H and O–H groups in total. The van der Waals surface area contributed by atoms with Gasteiger partial charge in [0, 0.05) is 36.9 Å². The molecule has 1 aromatic carbocycles. The molecule has 0 saturated carbocycles. The first-order valence-corrected chi connectivity index (χ1v) is 10.2. The second kappa shape index (κ2) is 9.71. The molecular formula is C21H29FN6O2. The molecule has 0 bridgehead atoms. The molecule has 2 aromatic rings. The van der Waals surface area contributed by atoms with Gasteiger partial charge in [0.1, 0.15) is 11.6 Å². The fraction of sp³-hybridized carbons (Fsp3) is 0.476. The topological polar surface area (TPSA) is 91.3 Å². The quantitative estimate of drug-likeness (QED) is 0.674. The Morgan fingerprint density at radius 2 is 1.73 bits per heavy atom. The molecule has 8 nitrogen and oxygen atoms in total. The fourth-order valence-electron chi connectivity index (χ4n) is 3.54. The van der Waals surface area contributed by atoms with Crippen LogP contribution in [0.3, 0.4) is 0 Å². The summed E-state index contributed by atoms with van der Waals surface area (Å²) in [6, 6.07) is 7.02. The summed E-state index contributed by atoms with van der Waals surface area (Å²) in [6.07, 6.45) is 3.17. The summed E-state index contributed by atoms with van der Waals surface area (Å²) in [5.41, 5.74) is 0.539. The summed E-state index contributed by atoms with van der Waals surface area (Å²) < 4.78 is 14.7. The van der Waals surface area contributed by atoms with Crippen LogP contribution in [0.15, 0.2) is 36.5 Å². The predicted octanol–water partition coefficient (Wildman–Crippen LogP) is 3.22. The Morgan fingerprint density at radius 3 is 2.37 bits per heavy atom. The molecule has 1 aliphatic heterocycles. The van der Waals surface area contributed by atoms with Crippen molar-refractivity contribution in [1.82, 2.24) is 20.0 Å². The number of hydrogen-bond acceptors (Lipinski definition) is 4. The summed E-state index contributed by atoms with van der Waals surface area (Å²) in [4.78, 5) is 26.9. The van der Waals surface area contributed by atoms with Crippen LogP contribution in [-0.2, 0) is 4.79 Å². The van der Waals surface area contributed by atoms with E-state index in [4.69, 9.17) is 0 Å². The molecule has 30 heavy (non-hydrogen) atoms. The maximum Gasteiger partial charge on any atom is 0.319 e. The number of carbonyl (C=O) groups excluding carboxylic acids is 2. The van der Waals surface area contributed by atoms with E-state index in [0.717, 1.165) is 12.8 Å². The number of nitrogens with one attached hydrogen (secondary N) is 3. The van der Waals surface area contributed by atoms with Crippen molar-refractivity contribution in [2.45, 2.75) is 51.7 Å². The van der Waals surface area contributed by atoms with Crippen molar-refractivity contribution >= 4 is 23.4 Å². The van der Waals surface area contributed by atoms with Gasteiger partial charge < -0.3 is 16.0 Å². The van der Waals surface area contributed by atoms with E-state index in [-0.39, 0.29) is 35.9 Å². The lowest BCUT2D eigenvalue weighted by atomic mass is 10.0. The van der Waals surface area contributed by atoms with Crippen molar-refractivity contribution in [1.29, 1.82) is 0 Å². The van der Waals surface area contributed by atoms with Gasteiger partial charge in [-0.1, -0.05) is 0 Å². The highest BCUT2D eigenvalue weighted by atomic mass is 19.1. The molecule has 0 aliphatic carbocycles. The Hall–Kier alpha value is -2.94. The number of carbonyl (C=O) groups is 2. The molecule has 3 amide bonds. The molecule has 1 aliphatic rings. The van der Waals surface area contributed by atoms with Crippen LogP contribution < -0.4 is 16.0 Å². The zero-order chi connectivity index (χ0) is 21.7. The summed E-state index contributed by atoms with van der Waals surface area (Å²) in [5.74, 6) is 0.272. The van der Waals surface area contributed by atoms with Crippen LogP contribution in [0.4, 0.5) is 20.7 Å². The van der Waals surface area contributed by atoms with Crippen molar-refractivity contribution in [2.24, 2.45) is 0 Å². The van der Waals surface area contributed by atoms with Crippen LogP contribution in [0.5, 0.6) is 0 Å². The standard InChI is InChI=1S/C21H29FN6O2/c1-14(2)28-19(8-11-23-28)26-20(29)15(3)27-12-9-18(10-13-27)25-21(30)24-17-6-4-16(22)5-7-17/h4-8,11,14-15,18H,9-10,12-13H2,1-3H3,(H,26,29)(H2,24,25,30)/t15-/m0/s1. The van der Waals surface area contributed by atoms with E-state index in [1.165, 1.54) is 24.3 Å². The number of hydrogen-bond donors (Lipinski definition) is 3. The highest BCUT2D eigenvalue weighted by Crippen LogP contribution is 2.17. The van der Waals surface area contributed by atoms with E-state index < -0.39 is 0 Å². The lowest BCUT2D eigenvalue weighted by Crippen LogP contribution is -2.51. The third kappa shape index (κ3) is 5.56. The number of amides is 3. The number of urea groups is 1. The number of nitrogens with zero attached hydrogens (tertiary/aromatic N) is 3. The van der Waals surface area contributed by atoms with E-state index in [9.17, 15) is 14.0 Å². The Balaban J connectivity index is 1.45. The molecular weight excluding hydrogens is 387 g/mol. The van der Waals surface area contributed by atoms with Crippen LogP contribution in [0.2, 0.25) is 0 Å². The lowest BCUT2D eigenvalue weighted by molar-refractivity contribution is -0.121. The molecule has 1 fully saturated rings. The molecule has 1 aromatic heterocycles. The van der Waals surface area contributed by atoms with Crippen LogP contribution in [-0.4, -0.2) is 51.8 Å². The van der Waals surface area contributed by atoms with Crippen LogP contribution >= 0.6 is 0 Å². The highest BCUT2D eigenvalue weighted by Gasteiger charge is 2.28. The van der Waals surface area contributed by atoms with Gasteiger partial charge in [0.2, 0.25) is 5.91 Å². The summed E-state index contributed by atoms with van der Waals surface area (Å²) in [5, 5.41) is 12.8. The molecule has 0 radical (unpaired) electrons. The fourth-order valence-corrected chi connectivity index (χ4v) is 3.54. The molecule has 9 heteroatoms. The van der Waals surface area contributed by atoms with Crippen LogP contribution in [0, 0.1) is 5.82 Å². The van der Waals surface area contributed by atoms with Crippen molar-refractivity contribution in [3.05, 3.63) is 42.3 Å². The van der Waals surface area contributed by atoms with E-state index in [0.29, 0.717) is 24.6 Å². The van der Waals surface area contributed by atoms with Gasteiger partial charge in [-0.2, -0.15) is 5.10 Å². The zero-order valence-corrected chi connectivity index (χ0v) is 17.6. The number of anilines is 2. The van der Waals surface area contributed by atoms with Gasteiger partial charge in [0.05, 0.1) is 12.2 Å². The maximum atomic E-state index is 13.0. The maximum absolute atomic E-state index is 13.0. The van der Waals surface area contributed by atoms with E-state index >= 15 is 0 Å². The molecule has 2 heterocycles. The number of aromatic nitrogens is 2. The lowest BCUT2D eigenvalue weighted by Gasteiger charge is -2.35. The average Bonchev–Trinajstić information content (AvgIpc) is 3.18. The highest BCUT2D eigenvalue weighted by molar-refractivity contribution is 5.93. The van der Waals surface area contributed by atoms with Crippen molar-refractivity contribution in [3.63, 3.8) is 0 Å². The first-order valence-electron chi connectivity index (χ1n) is 10.2. The Labute approximate surface area is 175 Å². The van der Waals surface area contributed by atoms with Gasteiger partial charge in [0.15, 0.2) is 0 Å². The molecule has 0 unspecified atom stereocenters. The normalized spacial score (nSPS) is 16.3. The second-order valence-corrected chi connectivity index (χ2v) is 7.84. The second-order valence-electron chi connectivity index (χ2n) is 7.84. The van der Waals surface area contributed by atoms with Crippen LogP contribution in [0.1, 0.15) is 39.7 Å². The average molecular weight is 417 g/mol. The summed E-state index contributed by atoms with van der Waals surface area (Å²) in [7, 11) is 0. The monoisotopic (exact) mass is 416 g/mol. The third-order valence-corrected chi connectivity index (χ3v) is 5.30. The molecule has 1 atom stereocenters. The smallest absolute Gasteiger partial charge is 0.319 e. The number of piperidine rings is 1. The van der Waals surface area contributed by atoms with Gasteiger partial charge in [-0.25, -0.2) is 13.9 Å². The zero-order valence-electron chi connectivity index (χ0n) is 17.6. The molecule has 3 rings (SSSR count). The van der Waals surface area contributed by atoms with Crippen molar-refractivity contribution in [3.8, 4) is 0 Å². The van der Waals surface area contributed by atoms with Gasteiger partial charge >= 0.3 is 6.03 Å². The van der Waals surface area contributed by atoms with Gasteiger partial charge in [-0.15, -0.1) is 0 Å². The Kier molecular flexibility index (Phi) is 7.04.